The molecular weight excluding hydrogens is 949 g/mol. The van der Waals surface area contributed by atoms with Crippen LogP contribution in [0, 0.1) is 0 Å². The van der Waals surface area contributed by atoms with E-state index in [0.29, 0.717) is 19.3 Å². The lowest BCUT2D eigenvalue weighted by Crippen LogP contribution is -2.61. The molecular formula is C63H98O12. The summed E-state index contributed by atoms with van der Waals surface area (Å²) in [5.74, 6) is -3.37. The number of carbonyl (C=O) groups excluding carboxylic acids is 3. The number of aliphatic hydroxyl groups excluding tert-OH is 2. The highest BCUT2D eigenvalue weighted by Gasteiger charge is 2.50. The topological polar surface area (TPSA) is 175 Å². The van der Waals surface area contributed by atoms with Crippen LogP contribution in [0.15, 0.2) is 122 Å². The minimum absolute atomic E-state index is 0.127. The second-order valence-electron chi connectivity index (χ2n) is 18.8. The summed E-state index contributed by atoms with van der Waals surface area (Å²) in [5, 5.41) is 31.4. The van der Waals surface area contributed by atoms with Gasteiger partial charge in [0.05, 0.1) is 13.0 Å². The van der Waals surface area contributed by atoms with Crippen molar-refractivity contribution in [3.05, 3.63) is 122 Å². The predicted octanol–water partition coefficient (Wildman–Crippen LogP) is 14.4. The Bertz CT molecular complexity index is 1770. The molecule has 6 atom stereocenters. The van der Waals surface area contributed by atoms with Crippen LogP contribution >= 0.6 is 0 Å². The summed E-state index contributed by atoms with van der Waals surface area (Å²) in [5.41, 5.74) is 0. The van der Waals surface area contributed by atoms with Crippen LogP contribution in [0.1, 0.15) is 201 Å². The molecule has 0 saturated carbocycles. The molecule has 12 heteroatoms. The van der Waals surface area contributed by atoms with E-state index < -0.39 is 67.3 Å². The largest absolute Gasteiger partial charge is 0.479 e. The molecule has 3 N–H and O–H groups in total. The molecule has 0 spiro atoms. The molecule has 6 unspecified atom stereocenters. The molecule has 1 aliphatic rings. The fourth-order valence-electron chi connectivity index (χ4n) is 7.72. The number of ether oxygens (including phenoxy) is 5. The van der Waals surface area contributed by atoms with Crippen molar-refractivity contribution in [1.29, 1.82) is 0 Å². The van der Waals surface area contributed by atoms with Crippen LogP contribution in [-0.4, -0.2) is 89.2 Å². The molecule has 1 aliphatic heterocycles. The van der Waals surface area contributed by atoms with Gasteiger partial charge in [0, 0.05) is 12.8 Å². The molecule has 0 bridgehead atoms. The molecule has 0 radical (unpaired) electrons. The Morgan fingerprint density at radius 1 is 0.467 bits per heavy atom. The molecule has 0 aromatic rings. The highest BCUT2D eigenvalue weighted by Crippen LogP contribution is 2.26. The number of aliphatic carboxylic acids is 1. The van der Waals surface area contributed by atoms with Gasteiger partial charge in [-0.15, -0.1) is 0 Å². The van der Waals surface area contributed by atoms with Crippen LogP contribution in [0.4, 0.5) is 0 Å². The number of unbranched alkanes of at least 4 members (excludes halogenated alkanes) is 13. The summed E-state index contributed by atoms with van der Waals surface area (Å²) in [6.07, 6.45) is 56.3. The van der Waals surface area contributed by atoms with Crippen molar-refractivity contribution < 1.29 is 58.2 Å². The molecule has 0 aromatic heterocycles. The molecule has 1 saturated heterocycles. The number of carbonyl (C=O) groups is 4. The molecule has 1 fully saturated rings. The van der Waals surface area contributed by atoms with Gasteiger partial charge in [0.25, 0.3) is 0 Å². The number of hydrogen-bond donors (Lipinski definition) is 3. The number of carboxylic acids is 1. The highest BCUT2D eigenvalue weighted by atomic mass is 16.7. The van der Waals surface area contributed by atoms with Gasteiger partial charge in [0.15, 0.2) is 24.6 Å². The lowest BCUT2D eigenvalue weighted by molar-refractivity contribution is -0.301. The number of hydrogen-bond acceptors (Lipinski definition) is 11. The van der Waals surface area contributed by atoms with Crippen molar-refractivity contribution in [3.63, 3.8) is 0 Å². The minimum Gasteiger partial charge on any atom is -0.479 e. The van der Waals surface area contributed by atoms with Crippen LogP contribution in [0.5, 0.6) is 0 Å². The molecule has 0 aliphatic carbocycles. The lowest BCUT2D eigenvalue weighted by Gasteiger charge is -2.40. The van der Waals surface area contributed by atoms with E-state index in [1.807, 2.05) is 12.2 Å². The van der Waals surface area contributed by atoms with Crippen LogP contribution in [0.25, 0.3) is 0 Å². The van der Waals surface area contributed by atoms with Crippen LogP contribution < -0.4 is 0 Å². The Balaban J connectivity index is 2.80. The zero-order chi connectivity index (χ0) is 54.7. The lowest BCUT2D eigenvalue weighted by atomic mass is 9.98. The van der Waals surface area contributed by atoms with Gasteiger partial charge in [-0.25, -0.2) is 4.79 Å². The third-order valence-electron chi connectivity index (χ3n) is 12.0. The SMILES string of the molecule is CC/C=C\C/C=C\C/C=C\C/C=C\C/C=C\CC(=O)OC1C(OCC(COC(=O)CCCC/C=C\C/C=C\C/C=C\C/C=C\CC)OC(=O)CCCCCCC/C=C\CCCCCCCC)OC(C(=O)O)C(O)C1O. The van der Waals surface area contributed by atoms with Crippen LogP contribution in [0.3, 0.4) is 0 Å². The van der Waals surface area contributed by atoms with E-state index in [-0.39, 0.29) is 25.9 Å². The maximum Gasteiger partial charge on any atom is 0.335 e. The summed E-state index contributed by atoms with van der Waals surface area (Å²) < 4.78 is 28.2. The minimum atomic E-state index is -1.95. The molecule has 75 heavy (non-hydrogen) atoms. The fourth-order valence-corrected chi connectivity index (χ4v) is 7.72. The Hall–Kier alpha value is -4.88. The smallest absolute Gasteiger partial charge is 0.335 e. The molecule has 0 aromatic carbocycles. The number of rotatable bonds is 46. The van der Waals surface area contributed by atoms with Gasteiger partial charge in [-0.3, -0.25) is 14.4 Å². The summed E-state index contributed by atoms with van der Waals surface area (Å²) >= 11 is 0. The third-order valence-corrected chi connectivity index (χ3v) is 12.0. The second-order valence-corrected chi connectivity index (χ2v) is 18.8. The van der Waals surface area contributed by atoms with E-state index >= 15 is 0 Å². The summed E-state index contributed by atoms with van der Waals surface area (Å²) in [6, 6.07) is 0. The van der Waals surface area contributed by atoms with E-state index in [2.05, 4.69) is 118 Å². The van der Waals surface area contributed by atoms with Crippen molar-refractivity contribution in [2.45, 2.75) is 237 Å². The van der Waals surface area contributed by atoms with Crippen LogP contribution in [0.2, 0.25) is 0 Å². The average molecular weight is 1050 g/mol. The van der Waals surface area contributed by atoms with Gasteiger partial charge in [0.2, 0.25) is 0 Å². The predicted molar refractivity (Wildman–Crippen MR) is 303 cm³/mol. The average Bonchev–Trinajstić information content (AvgIpc) is 3.39. The Labute approximate surface area is 452 Å². The Morgan fingerprint density at radius 2 is 0.880 bits per heavy atom. The maximum atomic E-state index is 13.1. The zero-order valence-electron chi connectivity index (χ0n) is 46.2. The van der Waals surface area contributed by atoms with Gasteiger partial charge < -0.3 is 39.0 Å². The van der Waals surface area contributed by atoms with Gasteiger partial charge in [-0.2, -0.15) is 0 Å². The van der Waals surface area contributed by atoms with E-state index in [0.717, 1.165) is 103 Å². The second kappa shape index (κ2) is 50.0. The zero-order valence-corrected chi connectivity index (χ0v) is 46.2. The maximum absolute atomic E-state index is 13.1. The number of esters is 3. The fraction of sp³-hybridized carbons (Fsp3) is 0.619. The van der Waals surface area contributed by atoms with Crippen molar-refractivity contribution in [2.75, 3.05) is 13.2 Å². The van der Waals surface area contributed by atoms with Gasteiger partial charge in [-0.05, 0) is 109 Å². The Morgan fingerprint density at radius 3 is 1.39 bits per heavy atom. The highest BCUT2D eigenvalue weighted by molar-refractivity contribution is 5.74. The standard InChI is InChI=1S/C63H98O12/c1-4-7-10-13-16-19-22-25-28-31-34-37-40-43-46-49-55(64)71-52-54(73-56(65)50-47-44-41-38-35-32-29-26-23-20-17-14-11-8-5-2)53-72-63-61(59(68)58(67)60(75-63)62(69)70)74-57(66)51-48-45-42-39-36-33-30-27-24-21-18-15-12-9-6-3/h7,9-10,12,16,18-19,21,25-30,34,36-37,39,45,48,54,58-61,63,67-68H,4-6,8,11,13-15,17,20,22-24,31-33,35,38,40-44,46-47,49-53H2,1-3H3,(H,69,70)/b10-7-,12-9-,19-16-,21-18-,28-25-,29-26-,30-27-,37-34-,39-36-,48-45-. The number of aliphatic hydroxyl groups is 2. The first-order valence-corrected chi connectivity index (χ1v) is 28.5. The first-order chi connectivity index (χ1) is 36.6. The van der Waals surface area contributed by atoms with Gasteiger partial charge in [0.1, 0.15) is 18.8 Å². The molecule has 1 rings (SSSR count). The first-order valence-electron chi connectivity index (χ1n) is 28.5. The van der Waals surface area contributed by atoms with E-state index in [9.17, 15) is 34.5 Å². The van der Waals surface area contributed by atoms with Crippen molar-refractivity contribution in [3.8, 4) is 0 Å². The first kappa shape index (κ1) is 68.1. The van der Waals surface area contributed by atoms with E-state index in [4.69, 9.17) is 23.7 Å². The number of allylic oxidation sites excluding steroid dienone is 19. The molecule has 12 nitrogen and oxygen atoms in total. The molecule has 1 heterocycles. The quantitative estimate of drug-likeness (QED) is 0.0228. The van der Waals surface area contributed by atoms with Gasteiger partial charge >= 0.3 is 23.9 Å². The monoisotopic (exact) mass is 1050 g/mol. The summed E-state index contributed by atoms with van der Waals surface area (Å²) in [4.78, 5) is 51.0. The Kier molecular flexibility index (Phi) is 45.4. The molecule has 422 valence electrons. The van der Waals surface area contributed by atoms with E-state index in [1.54, 1.807) is 12.2 Å². The molecule has 0 amide bonds. The summed E-state index contributed by atoms with van der Waals surface area (Å²) in [7, 11) is 0. The number of carboxylic acid groups (broad SMARTS) is 1. The van der Waals surface area contributed by atoms with Gasteiger partial charge in [-0.1, -0.05) is 194 Å². The van der Waals surface area contributed by atoms with Crippen molar-refractivity contribution in [1.82, 2.24) is 0 Å². The third kappa shape index (κ3) is 40.1. The van der Waals surface area contributed by atoms with Crippen molar-refractivity contribution in [2.24, 2.45) is 0 Å². The normalized spacial score (nSPS) is 19.1. The van der Waals surface area contributed by atoms with E-state index in [1.165, 1.54) is 38.5 Å². The summed E-state index contributed by atoms with van der Waals surface area (Å²) in [6.45, 7) is 5.65. The van der Waals surface area contributed by atoms with Crippen LogP contribution in [-0.2, 0) is 42.9 Å². The van der Waals surface area contributed by atoms with Crippen molar-refractivity contribution >= 4 is 23.9 Å².